The summed E-state index contributed by atoms with van der Waals surface area (Å²) in [6.07, 6.45) is 2.84. The number of hydrogen-bond acceptors (Lipinski definition) is 4. The van der Waals surface area contributed by atoms with Crippen LogP contribution in [-0.4, -0.2) is 21.3 Å². The van der Waals surface area contributed by atoms with E-state index in [9.17, 15) is 0 Å². The lowest BCUT2D eigenvalue weighted by molar-refractivity contribution is 0.536. The molecule has 0 radical (unpaired) electrons. The van der Waals surface area contributed by atoms with Crippen molar-refractivity contribution in [1.82, 2.24) is 20.1 Å². The molecule has 0 amide bonds. The maximum atomic E-state index is 4.45. The van der Waals surface area contributed by atoms with E-state index in [1.54, 1.807) is 11.3 Å². The number of thiophene rings is 1. The highest BCUT2D eigenvalue weighted by molar-refractivity contribution is 7.07. The number of rotatable bonds is 7. The minimum atomic E-state index is 0.658. The Morgan fingerprint density at radius 1 is 1.44 bits per heavy atom. The Kier molecular flexibility index (Phi) is 4.90. The normalized spacial score (nSPS) is 11.3. The van der Waals surface area contributed by atoms with Crippen LogP contribution >= 0.6 is 11.3 Å². The van der Waals surface area contributed by atoms with Gasteiger partial charge in [0.15, 0.2) is 5.82 Å². The first-order chi connectivity index (χ1) is 8.74. The van der Waals surface area contributed by atoms with Gasteiger partial charge in [0.05, 0.1) is 6.54 Å². The quantitative estimate of drug-likeness (QED) is 0.834. The molecule has 5 heteroatoms. The summed E-state index contributed by atoms with van der Waals surface area (Å²) < 4.78 is 1.92. The van der Waals surface area contributed by atoms with E-state index in [1.165, 1.54) is 5.56 Å². The van der Waals surface area contributed by atoms with E-state index in [1.807, 2.05) is 11.0 Å². The van der Waals surface area contributed by atoms with Gasteiger partial charge < -0.3 is 5.32 Å². The van der Waals surface area contributed by atoms with Crippen molar-refractivity contribution in [3.63, 3.8) is 0 Å². The fourth-order valence-electron chi connectivity index (χ4n) is 1.67. The van der Waals surface area contributed by atoms with Crippen LogP contribution in [0.25, 0.3) is 0 Å². The van der Waals surface area contributed by atoms with Gasteiger partial charge >= 0.3 is 0 Å². The van der Waals surface area contributed by atoms with Gasteiger partial charge in [-0.15, -0.1) is 0 Å². The number of hydrogen-bond donors (Lipinski definition) is 1. The molecule has 0 aliphatic heterocycles. The lowest BCUT2D eigenvalue weighted by Crippen LogP contribution is -2.19. The van der Waals surface area contributed by atoms with Crippen LogP contribution < -0.4 is 5.32 Å². The van der Waals surface area contributed by atoms with Crippen molar-refractivity contribution in [2.45, 2.75) is 33.4 Å². The molecule has 0 bridgehead atoms. The molecule has 0 saturated heterocycles. The Morgan fingerprint density at radius 3 is 3.06 bits per heavy atom. The van der Waals surface area contributed by atoms with Crippen molar-refractivity contribution in [2.75, 3.05) is 6.54 Å². The van der Waals surface area contributed by atoms with Gasteiger partial charge in [0.2, 0.25) is 0 Å². The van der Waals surface area contributed by atoms with Gasteiger partial charge in [0.25, 0.3) is 0 Å². The molecule has 2 aromatic rings. The standard InChI is InChI=1S/C13H20N4S/c1-11(2)7-14-8-13-15-10-17(16-13)5-3-12-4-6-18-9-12/h4,6,9-11,14H,3,5,7-8H2,1-2H3. The van der Waals surface area contributed by atoms with E-state index in [2.05, 4.69) is 46.1 Å². The Morgan fingerprint density at radius 2 is 2.33 bits per heavy atom. The van der Waals surface area contributed by atoms with Gasteiger partial charge in [-0.3, -0.25) is 4.68 Å². The molecule has 0 spiro atoms. The predicted molar refractivity (Wildman–Crippen MR) is 74.6 cm³/mol. The number of aryl methyl sites for hydroxylation is 2. The van der Waals surface area contributed by atoms with Gasteiger partial charge in [-0.1, -0.05) is 13.8 Å². The molecular weight excluding hydrogens is 244 g/mol. The highest BCUT2D eigenvalue weighted by atomic mass is 32.1. The van der Waals surface area contributed by atoms with Crippen molar-refractivity contribution in [1.29, 1.82) is 0 Å². The fraction of sp³-hybridized carbons (Fsp3) is 0.538. The first-order valence-corrected chi connectivity index (χ1v) is 7.28. The number of nitrogens with one attached hydrogen (secondary N) is 1. The summed E-state index contributed by atoms with van der Waals surface area (Å²) >= 11 is 1.74. The van der Waals surface area contributed by atoms with Gasteiger partial charge in [0.1, 0.15) is 6.33 Å². The second-order valence-electron chi connectivity index (χ2n) is 4.83. The molecule has 2 heterocycles. The molecule has 2 aromatic heterocycles. The summed E-state index contributed by atoms with van der Waals surface area (Å²) in [4.78, 5) is 4.30. The molecule has 2 rings (SSSR count). The molecule has 4 nitrogen and oxygen atoms in total. The maximum Gasteiger partial charge on any atom is 0.164 e. The van der Waals surface area contributed by atoms with Crippen molar-refractivity contribution >= 4 is 11.3 Å². The minimum Gasteiger partial charge on any atom is -0.310 e. The predicted octanol–water partition coefficient (Wildman–Crippen LogP) is 2.33. The van der Waals surface area contributed by atoms with Crippen LogP contribution in [0.3, 0.4) is 0 Å². The molecule has 0 aliphatic rings. The fourth-order valence-corrected chi connectivity index (χ4v) is 2.38. The van der Waals surface area contributed by atoms with Crippen LogP contribution in [0.2, 0.25) is 0 Å². The van der Waals surface area contributed by atoms with Crippen LogP contribution in [0.4, 0.5) is 0 Å². The van der Waals surface area contributed by atoms with Gasteiger partial charge in [0, 0.05) is 6.54 Å². The van der Waals surface area contributed by atoms with E-state index < -0.39 is 0 Å². The Bertz CT molecular complexity index is 447. The summed E-state index contributed by atoms with van der Waals surface area (Å²) in [5.74, 6) is 1.53. The molecular formula is C13H20N4S. The van der Waals surface area contributed by atoms with Crippen molar-refractivity contribution in [2.24, 2.45) is 5.92 Å². The molecule has 0 aromatic carbocycles. The first-order valence-electron chi connectivity index (χ1n) is 6.34. The van der Waals surface area contributed by atoms with Crippen LogP contribution in [0.15, 0.2) is 23.2 Å². The third-order valence-electron chi connectivity index (χ3n) is 2.63. The van der Waals surface area contributed by atoms with E-state index >= 15 is 0 Å². The highest BCUT2D eigenvalue weighted by Crippen LogP contribution is 2.07. The van der Waals surface area contributed by atoms with Crippen molar-refractivity contribution in [3.8, 4) is 0 Å². The Hall–Kier alpha value is -1.20. The summed E-state index contributed by atoms with van der Waals surface area (Å²) in [5.41, 5.74) is 1.37. The summed E-state index contributed by atoms with van der Waals surface area (Å²) in [6, 6.07) is 2.16. The highest BCUT2D eigenvalue weighted by Gasteiger charge is 2.02. The number of aromatic nitrogens is 3. The third kappa shape index (κ3) is 4.23. The van der Waals surface area contributed by atoms with Crippen LogP contribution in [-0.2, 0) is 19.5 Å². The molecule has 1 N–H and O–H groups in total. The van der Waals surface area contributed by atoms with Gasteiger partial charge in [-0.05, 0) is 41.3 Å². The second-order valence-corrected chi connectivity index (χ2v) is 5.61. The third-order valence-corrected chi connectivity index (χ3v) is 3.36. The lowest BCUT2D eigenvalue weighted by atomic mass is 10.2. The second kappa shape index (κ2) is 6.66. The van der Waals surface area contributed by atoms with Crippen LogP contribution in [0, 0.1) is 5.92 Å². The zero-order valence-electron chi connectivity index (χ0n) is 11.0. The van der Waals surface area contributed by atoms with E-state index in [-0.39, 0.29) is 0 Å². The van der Waals surface area contributed by atoms with E-state index in [0.29, 0.717) is 5.92 Å². The monoisotopic (exact) mass is 264 g/mol. The van der Waals surface area contributed by atoms with E-state index in [4.69, 9.17) is 0 Å². The molecule has 98 valence electrons. The van der Waals surface area contributed by atoms with Gasteiger partial charge in [-0.2, -0.15) is 16.4 Å². The molecule has 0 saturated carbocycles. The molecule has 0 atom stereocenters. The average Bonchev–Trinajstić information content (AvgIpc) is 2.96. The zero-order chi connectivity index (χ0) is 12.8. The lowest BCUT2D eigenvalue weighted by Gasteiger charge is -2.04. The van der Waals surface area contributed by atoms with Crippen molar-refractivity contribution < 1.29 is 0 Å². The molecule has 18 heavy (non-hydrogen) atoms. The van der Waals surface area contributed by atoms with Gasteiger partial charge in [-0.25, -0.2) is 4.98 Å². The summed E-state index contributed by atoms with van der Waals surface area (Å²) in [5, 5.41) is 12.1. The minimum absolute atomic E-state index is 0.658. The zero-order valence-corrected chi connectivity index (χ0v) is 11.8. The van der Waals surface area contributed by atoms with Crippen LogP contribution in [0.1, 0.15) is 25.2 Å². The first kappa shape index (κ1) is 13.2. The summed E-state index contributed by atoms with van der Waals surface area (Å²) in [7, 11) is 0. The SMILES string of the molecule is CC(C)CNCc1ncn(CCc2ccsc2)n1. The Labute approximate surface area is 112 Å². The van der Waals surface area contributed by atoms with Crippen molar-refractivity contribution in [3.05, 3.63) is 34.5 Å². The molecule has 0 fully saturated rings. The smallest absolute Gasteiger partial charge is 0.164 e. The Balaban J connectivity index is 1.75. The molecule has 0 aliphatic carbocycles. The maximum absolute atomic E-state index is 4.45. The van der Waals surface area contributed by atoms with E-state index in [0.717, 1.165) is 31.9 Å². The number of nitrogens with zero attached hydrogens (tertiary/aromatic N) is 3. The average molecular weight is 264 g/mol. The largest absolute Gasteiger partial charge is 0.310 e. The molecule has 0 unspecified atom stereocenters. The van der Waals surface area contributed by atoms with Crippen LogP contribution in [0.5, 0.6) is 0 Å². The summed E-state index contributed by atoms with van der Waals surface area (Å²) in [6.45, 7) is 7.04. The topological polar surface area (TPSA) is 42.7 Å².